The SMILES string of the molecule is CN(c1ccccc1Nc1nc(Nc2ccc(N3CCNCC3)c(F)c2)ncc1Cl)[SH](=O)=O. The zero-order valence-electron chi connectivity index (χ0n) is 17.8. The maximum atomic E-state index is 14.7. The van der Waals surface area contributed by atoms with E-state index >= 15 is 0 Å². The number of piperazine rings is 1. The lowest BCUT2D eigenvalue weighted by Gasteiger charge is -2.29. The zero-order valence-corrected chi connectivity index (χ0v) is 19.4. The molecule has 4 rings (SSSR count). The molecule has 2 heterocycles. The fourth-order valence-electron chi connectivity index (χ4n) is 3.47. The van der Waals surface area contributed by atoms with Crippen LogP contribution in [0, 0.1) is 5.82 Å². The number of hydrogen-bond acceptors (Lipinski definition) is 8. The van der Waals surface area contributed by atoms with Crippen LogP contribution < -0.4 is 25.2 Å². The van der Waals surface area contributed by atoms with Crippen molar-refractivity contribution in [2.75, 3.05) is 53.1 Å². The number of thiol groups is 1. The minimum Gasteiger partial charge on any atom is -0.367 e. The van der Waals surface area contributed by atoms with Crippen LogP contribution in [-0.2, 0) is 10.9 Å². The quantitative estimate of drug-likeness (QED) is 0.374. The smallest absolute Gasteiger partial charge is 0.229 e. The van der Waals surface area contributed by atoms with Gasteiger partial charge in [0.1, 0.15) is 10.8 Å². The fourth-order valence-corrected chi connectivity index (χ4v) is 3.96. The van der Waals surface area contributed by atoms with E-state index in [1.165, 1.54) is 19.3 Å². The Kier molecular flexibility index (Phi) is 7.11. The minimum absolute atomic E-state index is 0.206. The summed E-state index contributed by atoms with van der Waals surface area (Å²) >= 11 is 6.26. The van der Waals surface area contributed by atoms with Crippen LogP contribution in [0.4, 0.5) is 38.9 Å². The van der Waals surface area contributed by atoms with Crippen molar-refractivity contribution < 1.29 is 12.8 Å². The van der Waals surface area contributed by atoms with Crippen LogP contribution in [0.3, 0.4) is 0 Å². The summed E-state index contributed by atoms with van der Waals surface area (Å²) in [6.45, 7) is 3.13. The van der Waals surface area contributed by atoms with Crippen molar-refractivity contribution in [2.45, 2.75) is 0 Å². The van der Waals surface area contributed by atoms with Crippen LogP contribution in [0.1, 0.15) is 0 Å². The second kappa shape index (κ2) is 10.2. The summed E-state index contributed by atoms with van der Waals surface area (Å²) in [5.41, 5.74) is 1.97. The number of nitrogens with one attached hydrogen (secondary N) is 3. The van der Waals surface area contributed by atoms with E-state index < -0.39 is 10.9 Å². The van der Waals surface area contributed by atoms with Crippen molar-refractivity contribution in [3.63, 3.8) is 0 Å². The number of halogens is 2. The number of rotatable bonds is 7. The number of benzene rings is 2. The molecule has 1 aromatic heterocycles. The van der Waals surface area contributed by atoms with Gasteiger partial charge in [0, 0.05) is 38.9 Å². The summed E-state index contributed by atoms with van der Waals surface area (Å²) in [4.78, 5) is 10.5. The Hall–Kier alpha value is -3.15. The van der Waals surface area contributed by atoms with Crippen molar-refractivity contribution in [2.24, 2.45) is 0 Å². The van der Waals surface area contributed by atoms with Crippen molar-refractivity contribution in [1.29, 1.82) is 0 Å². The molecule has 0 aliphatic carbocycles. The van der Waals surface area contributed by atoms with Gasteiger partial charge in [-0.1, -0.05) is 23.7 Å². The van der Waals surface area contributed by atoms with Crippen molar-refractivity contribution in [1.82, 2.24) is 15.3 Å². The summed E-state index contributed by atoms with van der Waals surface area (Å²) in [6, 6.07) is 11.7. The van der Waals surface area contributed by atoms with Gasteiger partial charge >= 0.3 is 0 Å². The maximum Gasteiger partial charge on any atom is 0.229 e. The van der Waals surface area contributed by atoms with Gasteiger partial charge in [-0.05, 0) is 30.3 Å². The van der Waals surface area contributed by atoms with Gasteiger partial charge in [0.15, 0.2) is 5.82 Å². The molecule has 174 valence electrons. The molecule has 9 nitrogen and oxygen atoms in total. The molecule has 33 heavy (non-hydrogen) atoms. The van der Waals surface area contributed by atoms with Crippen LogP contribution in [0.15, 0.2) is 48.7 Å². The molecule has 0 bridgehead atoms. The standard InChI is InChI=1S/C21H23ClFN7O2S/c1-29(33(31)32)19-5-3-2-4-17(19)27-20-15(22)13-25-21(28-20)26-14-6-7-18(16(23)12-14)30-10-8-24-9-11-30/h2-7,12-13,24,33H,8-11H2,1H3,(H2,25,26,27,28). The van der Waals surface area contributed by atoms with E-state index in [-0.39, 0.29) is 22.6 Å². The van der Waals surface area contributed by atoms with Gasteiger partial charge in [-0.25, -0.2) is 17.8 Å². The number of nitrogens with zero attached hydrogens (tertiary/aromatic N) is 4. The molecule has 3 aromatic rings. The molecular weight excluding hydrogens is 469 g/mol. The second-order valence-corrected chi connectivity index (χ2v) is 8.80. The van der Waals surface area contributed by atoms with Crippen molar-refractivity contribution >= 4 is 57.0 Å². The van der Waals surface area contributed by atoms with Gasteiger partial charge in [0.05, 0.1) is 23.3 Å². The first-order chi connectivity index (χ1) is 15.9. The predicted octanol–water partition coefficient (Wildman–Crippen LogP) is 3.13. The summed E-state index contributed by atoms with van der Waals surface area (Å²) < 4.78 is 38.7. The van der Waals surface area contributed by atoms with Crippen LogP contribution in [-0.4, -0.2) is 51.6 Å². The first-order valence-corrected chi connectivity index (χ1v) is 11.7. The Balaban J connectivity index is 1.54. The average molecular weight is 492 g/mol. The highest BCUT2D eigenvalue weighted by Crippen LogP contribution is 2.31. The van der Waals surface area contributed by atoms with Gasteiger partial charge in [-0.3, -0.25) is 4.31 Å². The first-order valence-electron chi connectivity index (χ1n) is 10.2. The molecule has 12 heteroatoms. The largest absolute Gasteiger partial charge is 0.367 e. The molecule has 1 aliphatic rings. The Morgan fingerprint density at radius 2 is 1.91 bits per heavy atom. The summed E-state index contributed by atoms with van der Waals surface area (Å²) in [5.74, 6) is 0.143. The number of hydrogen-bond donors (Lipinski definition) is 4. The summed E-state index contributed by atoms with van der Waals surface area (Å²) in [7, 11) is -1.37. The van der Waals surface area contributed by atoms with E-state index in [9.17, 15) is 12.8 Å². The topological polar surface area (TPSA) is 102 Å². The Labute approximate surface area is 197 Å². The highest BCUT2D eigenvalue weighted by atomic mass is 35.5. The molecule has 0 unspecified atom stereocenters. The summed E-state index contributed by atoms with van der Waals surface area (Å²) in [5, 5.41) is 9.52. The maximum absolute atomic E-state index is 14.7. The molecule has 2 aromatic carbocycles. The van der Waals surface area contributed by atoms with Crippen molar-refractivity contribution in [3.05, 3.63) is 59.5 Å². The highest BCUT2D eigenvalue weighted by molar-refractivity contribution is 7.74. The van der Waals surface area contributed by atoms with E-state index in [0.29, 0.717) is 22.7 Å². The minimum atomic E-state index is -2.81. The number of para-hydroxylation sites is 2. The van der Waals surface area contributed by atoms with Gasteiger partial charge in [-0.15, -0.1) is 0 Å². The van der Waals surface area contributed by atoms with Crippen LogP contribution in [0.2, 0.25) is 5.02 Å². The Morgan fingerprint density at radius 1 is 1.15 bits per heavy atom. The van der Waals surface area contributed by atoms with Gasteiger partial charge in [0.25, 0.3) is 0 Å². The molecule has 3 N–H and O–H groups in total. The van der Waals surface area contributed by atoms with Crippen LogP contribution in [0.5, 0.6) is 0 Å². The lowest BCUT2D eigenvalue weighted by molar-refractivity contribution is 0.566. The van der Waals surface area contributed by atoms with E-state index in [1.54, 1.807) is 36.4 Å². The van der Waals surface area contributed by atoms with Crippen LogP contribution in [0.25, 0.3) is 0 Å². The summed E-state index contributed by atoms with van der Waals surface area (Å²) in [6.07, 6.45) is 1.41. The highest BCUT2D eigenvalue weighted by Gasteiger charge is 2.16. The third kappa shape index (κ3) is 5.44. The fraction of sp³-hybridized carbons (Fsp3) is 0.238. The molecule has 0 radical (unpaired) electrons. The zero-order chi connectivity index (χ0) is 23.4. The van der Waals surface area contributed by atoms with Gasteiger partial charge < -0.3 is 20.9 Å². The number of aromatic nitrogens is 2. The van der Waals surface area contributed by atoms with E-state index in [1.807, 2.05) is 4.90 Å². The molecule has 0 saturated carbocycles. The van der Waals surface area contributed by atoms with Gasteiger partial charge in [-0.2, -0.15) is 4.98 Å². The molecule has 0 spiro atoms. The third-order valence-electron chi connectivity index (χ3n) is 5.16. The van der Waals surface area contributed by atoms with Gasteiger partial charge in [0.2, 0.25) is 16.8 Å². The molecule has 1 saturated heterocycles. The van der Waals surface area contributed by atoms with Crippen molar-refractivity contribution in [3.8, 4) is 0 Å². The number of anilines is 6. The Morgan fingerprint density at radius 3 is 2.64 bits per heavy atom. The van der Waals surface area contributed by atoms with Crippen LogP contribution >= 0.6 is 11.6 Å². The second-order valence-electron chi connectivity index (χ2n) is 7.32. The average Bonchev–Trinajstić information content (AvgIpc) is 2.82. The molecule has 0 atom stereocenters. The monoisotopic (exact) mass is 491 g/mol. The van der Waals surface area contributed by atoms with E-state index in [2.05, 4.69) is 25.9 Å². The predicted molar refractivity (Wildman–Crippen MR) is 130 cm³/mol. The van der Waals surface area contributed by atoms with E-state index in [4.69, 9.17) is 11.6 Å². The molecule has 1 aliphatic heterocycles. The lowest BCUT2D eigenvalue weighted by atomic mass is 10.2. The normalized spacial score (nSPS) is 13.8. The Bertz CT molecular complexity index is 1210. The molecule has 1 fully saturated rings. The molecular formula is C21H23ClFN7O2S. The third-order valence-corrected chi connectivity index (χ3v) is 6.14. The first kappa shape index (κ1) is 23.0. The molecule has 0 amide bonds. The lowest BCUT2D eigenvalue weighted by Crippen LogP contribution is -2.43. The van der Waals surface area contributed by atoms with E-state index in [0.717, 1.165) is 30.5 Å².